The van der Waals surface area contributed by atoms with E-state index in [1.165, 1.54) is 13.8 Å². The Bertz CT molecular complexity index is 349. The summed E-state index contributed by atoms with van der Waals surface area (Å²) in [6, 6.07) is 4.32. The second kappa shape index (κ2) is 4.47. The minimum absolute atomic E-state index is 0.182. The van der Waals surface area contributed by atoms with Crippen molar-refractivity contribution in [2.24, 2.45) is 5.73 Å². The molecule has 0 spiro atoms. The molecule has 15 heavy (non-hydrogen) atoms. The standard InChI is InChI=1S/C11H15ClFNO/c1-11(2,13)7-3-4-8(9(12)5-7)10(14)6-15/h3-5,10,15H,6,14H2,1-2H3. The normalized spacial score (nSPS) is 14.0. The van der Waals surface area contributed by atoms with Gasteiger partial charge in [-0.2, -0.15) is 0 Å². The molecule has 1 unspecified atom stereocenters. The van der Waals surface area contributed by atoms with E-state index >= 15 is 0 Å². The minimum atomic E-state index is -1.43. The third kappa shape index (κ3) is 2.91. The molecule has 0 saturated heterocycles. The highest BCUT2D eigenvalue weighted by Gasteiger charge is 2.20. The first-order valence-electron chi connectivity index (χ1n) is 4.71. The first-order chi connectivity index (χ1) is 6.86. The molecule has 0 bridgehead atoms. The number of aliphatic hydroxyl groups is 1. The third-order valence-corrected chi connectivity index (χ3v) is 2.61. The number of alkyl halides is 1. The molecule has 84 valence electrons. The van der Waals surface area contributed by atoms with Crippen LogP contribution < -0.4 is 5.73 Å². The number of hydrogen-bond donors (Lipinski definition) is 2. The van der Waals surface area contributed by atoms with Crippen molar-refractivity contribution in [1.82, 2.24) is 0 Å². The van der Waals surface area contributed by atoms with Gasteiger partial charge in [0.2, 0.25) is 0 Å². The molecule has 3 N–H and O–H groups in total. The van der Waals surface area contributed by atoms with E-state index < -0.39 is 11.7 Å². The Morgan fingerprint density at radius 3 is 2.53 bits per heavy atom. The molecule has 0 aliphatic rings. The SMILES string of the molecule is CC(C)(F)c1ccc(C(N)CO)c(Cl)c1. The lowest BCUT2D eigenvalue weighted by Crippen LogP contribution is -2.16. The number of rotatable bonds is 3. The van der Waals surface area contributed by atoms with Crippen molar-refractivity contribution in [2.75, 3.05) is 6.61 Å². The van der Waals surface area contributed by atoms with E-state index in [9.17, 15) is 4.39 Å². The van der Waals surface area contributed by atoms with Gasteiger partial charge in [0.15, 0.2) is 0 Å². The molecule has 1 aromatic carbocycles. The lowest BCUT2D eigenvalue weighted by molar-refractivity contribution is 0.221. The van der Waals surface area contributed by atoms with E-state index in [1.807, 2.05) is 0 Å². The molecule has 0 saturated carbocycles. The largest absolute Gasteiger partial charge is 0.394 e. The molecule has 0 aromatic heterocycles. The van der Waals surface area contributed by atoms with E-state index in [1.54, 1.807) is 18.2 Å². The summed E-state index contributed by atoms with van der Waals surface area (Å²) in [6.45, 7) is 2.74. The molecule has 4 heteroatoms. The maximum atomic E-state index is 13.6. The molecule has 1 atom stereocenters. The van der Waals surface area contributed by atoms with Gasteiger partial charge >= 0.3 is 0 Å². The van der Waals surface area contributed by atoms with Gasteiger partial charge < -0.3 is 10.8 Å². The maximum Gasteiger partial charge on any atom is 0.130 e. The fourth-order valence-electron chi connectivity index (χ4n) is 1.30. The van der Waals surface area contributed by atoms with Gasteiger partial charge in [-0.3, -0.25) is 0 Å². The van der Waals surface area contributed by atoms with Crippen LogP contribution in [-0.4, -0.2) is 11.7 Å². The number of hydrogen-bond acceptors (Lipinski definition) is 2. The predicted octanol–water partition coefficient (Wildman–Crippen LogP) is 2.54. The van der Waals surface area contributed by atoms with Crippen LogP contribution in [0, 0.1) is 0 Å². The topological polar surface area (TPSA) is 46.2 Å². The third-order valence-electron chi connectivity index (χ3n) is 2.28. The van der Waals surface area contributed by atoms with E-state index in [0.717, 1.165) is 0 Å². The predicted molar refractivity (Wildman–Crippen MR) is 59.6 cm³/mol. The zero-order valence-electron chi connectivity index (χ0n) is 8.80. The molecular weight excluding hydrogens is 217 g/mol. The first kappa shape index (κ1) is 12.4. The van der Waals surface area contributed by atoms with Crippen LogP contribution in [0.25, 0.3) is 0 Å². The summed E-state index contributed by atoms with van der Waals surface area (Å²) >= 11 is 5.95. The Kier molecular flexibility index (Phi) is 3.71. The van der Waals surface area contributed by atoms with Crippen molar-refractivity contribution in [3.63, 3.8) is 0 Å². The van der Waals surface area contributed by atoms with Crippen molar-refractivity contribution >= 4 is 11.6 Å². The molecular formula is C11H15ClFNO. The molecule has 0 aliphatic carbocycles. The Labute approximate surface area is 93.9 Å². The van der Waals surface area contributed by atoms with Crippen molar-refractivity contribution in [2.45, 2.75) is 25.6 Å². The van der Waals surface area contributed by atoms with E-state index in [2.05, 4.69) is 0 Å². The maximum absolute atomic E-state index is 13.6. The van der Waals surface area contributed by atoms with Crippen molar-refractivity contribution in [1.29, 1.82) is 0 Å². The number of halogens is 2. The van der Waals surface area contributed by atoms with Crippen LogP contribution in [0.1, 0.15) is 31.0 Å². The molecule has 0 fully saturated rings. The van der Waals surface area contributed by atoms with Crippen LogP contribution in [0.4, 0.5) is 4.39 Å². The summed E-state index contributed by atoms with van der Waals surface area (Å²) in [5.41, 5.74) is 5.33. The molecule has 0 radical (unpaired) electrons. The highest BCUT2D eigenvalue weighted by molar-refractivity contribution is 6.31. The quantitative estimate of drug-likeness (QED) is 0.840. The average molecular weight is 232 g/mol. The van der Waals surface area contributed by atoms with Gasteiger partial charge in [-0.25, -0.2) is 4.39 Å². The minimum Gasteiger partial charge on any atom is -0.394 e. The van der Waals surface area contributed by atoms with Crippen LogP contribution in [0.3, 0.4) is 0 Å². The lowest BCUT2D eigenvalue weighted by Gasteiger charge is -2.17. The summed E-state index contributed by atoms with van der Waals surface area (Å²) in [7, 11) is 0. The molecule has 2 nitrogen and oxygen atoms in total. The van der Waals surface area contributed by atoms with Gasteiger partial charge in [-0.05, 0) is 31.0 Å². The Morgan fingerprint density at radius 2 is 2.13 bits per heavy atom. The van der Waals surface area contributed by atoms with E-state index in [4.69, 9.17) is 22.4 Å². The number of nitrogens with two attached hydrogens (primary N) is 1. The van der Waals surface area contributed by atoms with Crippen LogP contribution >= 0.6 is 11.6 Å². The van der Waals surface area contributed by atoms with Crippen LogP contribution in [-0.2, 0) is 5.67 Å². The van der Waals surface area contributed by atoms with Gasteiger partial charge in [-0.15, -0.1) is 0 Å². The van der Waals surface area contributed by atoms with Gasteiger partial charge in [0.25, 0.3) is 0 Å². The monoisotopic (exact) mass is 231 g/mol. The van der Waals surface area contributed by atoms with Crippen LogP contribution in [0.15, 0.2) is 18.2 Å². The Morgan fingerprint density at radius 1 is 1.53 bits per heavy atom. The zero-order valence-corrected chi connectivity index (χ0v) is 9.55. The van der Waals surface area contributed by atoms with Crippen molar-refractivity contribution in [3.8, 4) is 0 Å². The lowest BCUT2D eigenvalue weighted by atomic mass is 9.97. The van der Waals surface area contributed by atoms with Crippen LogP contribution in [0.2, 0.25) is 5.02 Å². The fraction of sp³-hybridized carbons (Fsp3) is 0.455. The highest BCUT2D eigenvalue weighted by atomic mass is 35.5. The van der Waals surface area contributed by atoms with Gasteiger partial charge in [0, 0.05) is 5.02 Å². The summed E-state index contributed by atoms with van der Waals surface area (Å²) in [4.78, 5) is 0. The smallest absolute Gasteiger partial charge is 0.130 e. The van der Waals surface area contributed by atoms with Gasteiger partial charge in [0.1, 0.15) is 5.67 Å². The van der Waals surface area contributed by atoms with E-state index in [-0.39, 0.29) is 6.61 Å². The number of benzene rings is 1. The summed E-state index contributed by atoms with van der Waals surface area (Å²) in [5.74, 6) is 0. The molecule has 0 amide bonds. The summed E-state index contributed by atoms with van der Waals surface area (Å²) in [5, 5.41) is 9.27. The molecule has 0 heterocycles. The summed E-state index contributed by atoms with van der Waals surface area (Å²) < 4.78 is 13.6. The average Bonchev–Trinajstić information content (AvgIpc) is 2.15. The fourth-order valence-corrected chi connectivity index (χ4v) is 1.62. The zero-order chi connectivity index (χ0) is 11.6. The Hall–Kier alpha value is -0.640. The Balaban J connectivity index is 3.09. The van der Waals surface area contributed by atoms with Gasteiger partial charge in [0.05, 0.1) is 12.6 Å². The van der Waals surface area contributed by atoms with Crippen molar-refractivity contribution in [3.05, 3.63) is 34.3 Å². The second-order valence-corrected chi connectivity index (χ2v) is 4.41. The highest BCUT2D eigenvalue weighted by Crippen LogP contribution is 2.30. The van der Waals surface area contributed by atoms with Gasteiger partial charge in [-0.1, -0.05) is 23.7 Å². The van der Waals surface area contributed by atoms with Crippen LogP contribution in [0.5, 0.6) is 0 Å². The summed E-state index contributed by atoms with van der Waals surface area (Å²) in [6.07, 6.45) is 0. The van der Waals surface area contributed by atoms with E-state index in [0.29, 0.717) is 16.1 Å². The molecule has 1 rings (SSSR count). The first-order valence-corrected chi connectivity index (χ1v) is 5.09. The number of aliphatic hydroxyl groups excluding tert-OH is 1. The van der Waals surface area contributed by atoms with Crippen molar-refractivity contribution < 1.29 is 9.50 Å². The second-order valence-electron chi connectivity index (χ2n) is 4.00. The molecule has 1 aromatic rings. The molecule has 0 aliphatic heterocycles.